The molecule has 0 aromatic heterocycles. The van der Waals surface area contributed by atoms with E-state index in [0.717, 1.165) is 21.8 Å². The van der Waals surface area contributed by atoms with Gasteiger partial charge in [-0.05, 0) is 73.4 Å². The van der Waals surface area contributed by atoms with E-state index >= 15 is 0 Å². The minimum atomic E-state index is -0.950. The maximum absolute atomic E-state index is 12.8. The number of amides is 3. The Hall–Kier alpha value is -3.93. The SMILES string of the molecule is Cc1ccc(C(C)C)c(Oc2ccc(NC(=O)C(C)N3C(=O)c4ccccc4C3=O)cc2)c1. The quantitative estimate of drug-likeness (QED) is 0.509. The van der Waals surface area contributed by atoms with Crippen LogP contribution in [0.2, 0.25) is 0 Å². The molecule has 0 saturated carbocycles. The van der Waals surface area contributed by atoms with Crippen molar-refractivity contribution in [2.75, 3.05) is 5.32 Å². The van der Waals surface area contributed by atoms with Gasteiger partial charge in [-0.25, -0.2) is 0 Å². The fourth-order valence-electron chi connectivity index (χ4n) is 3.86. The average Bonchev–Trinajstić information content (AvgIpc) is 3.04. The second-order valence-corrected chi connectivity index (χ2v) is 8.51. The first kappa shape index (κ1) is 22.3. The Balaban J connectivity index is 1.45. The van der Waals surface area contributed by atoms with Crippen molar-refractivity contribution >= 4 is 23.4 Å². The lowest BCUT2D eigenvalue weighted by Crippen LogP contribution is -2.45. The number of ether oxygens (including phenoxy) is 1. The number of anilines is 1. The molecule has 0 saturated heterocycles. The molecule has 1 N–H and O–H groups in total. The molecule has 33 heavy (non-hydrogen) atoms. The summed E-state index contributed by atoms with van der Waals surface area (Å²) in [5, 5.41) is 2.78. The van der Waals surface area contributed by atoms with Gasteiger partial charge in [-0.15, -0.1) is 0 Å². The second-order valence-electron chi connectivity index (χ2n) is 8.51. The highest BCUT2D eigenvalue weighted by Crippen LogP contribution is 2.32. The molecule has 6 nitrogen and oxygen atoms in total. The van der Waals surface area contributed by atoms with E-state index in [4.69, 9.17) is 4.74 Å². The van der Waals surface area contributed by atoms with Gasteiger partial charge < -0.3 is 10.1 Å². The van der Waals surface area contributed by atoms with Crippen LogP contribution < -0.4 is 10.1 Å². The van der Waals surface area contributed by atoms with E-state index < -0.39 is 23.8 Å². The third-order valence-electron chi connectivity index (χ3n) is 5.73. The minimum absolute atomic E-state index is 0.320. The molecule has 168 valence electrons. The van der Waals surface area contributed by atoms with E-state index in [-0.39, 0.29) is 0 Å². The van der Waals surface area contributed by atoms with E-state index in [1.165, 1.54) is 0 Å². The van der Waals surface area contributed by atoms with Crippen molar-refractivity contribution < 1.29 is 19.1 Å². The van der Waals surface area contributed by atoms with Gasteiger partial charge in [0.15, 0.2) is 0 Å². The van der Waals surface area contributed by atoms with Crippen molar-refractivity contribution in [3.05, 3.63) is 89.0 Å². The number of fused-ring (bicyclic) bond motifs is 1. The van der Waals surface area contributed by atoms with Gasteiger partial charge >= 0.3 is 0 Å². The van der Waals surface area contributed by atoms with Crippen molar-refractivity contribution in [2.45, 2.75) is 39.7 Å². The molecule has 0 aliphatic carbocycles. The van der Waals surface area contributed by atoms with Crippen molar-refractivity contribution in [3.63, 3.8) is 0 Å². The summed E-state index contributed by atoms with van der Waals surface area (Å²) in [4.78, 5) is 39.1. The molecule has 1 aliphatic rings. The summed E-state index contributed by atoms with van der Waals surface area (Å²) in [6, 6.07) is 18.8. The van der Waals surface area contributed by atoms with Crippen LogP contribution in [0.3, 0.4) is 0 Å². The minimum Gasteiger partial charge on any atom is -0.457 e. The smallest absolute Gasteiger partial charge is 0.262 e. The third kappa shape index (κ3) is 4.37. The van der Waals surface area contributed by atoms with E-state index in [1.54, 1.807) is 55.5 Å². The maximum atomic E-state index is 12.8. The fraction of sp³-hybridized carbons (Fsp3) is 0.222. The van der Waals surface area contributed by atoms with Gasteiger partial charge in [-0.1, -0.05) is 38.1 Å². The Morgan fingerprint density at radius 3 is 2.06 bits per heavy atom. The number of benzene rings is 3. The number of carbonyl (C=O) groups is 3. The van der Waals surface area contributed by atoms with Crippen LogP contribution in [0.5, 0.6) is 11.5 Å². The molecule has 0 radical (unpaired) electrons. The van der Waals surface area contributed by atoms with Crippen molar-refractivity contribution in [1.82, 2.24) is 4.90 Å². The molecule has 1 unspecified atom stereocenters. The number of rotatable bonds is 6. The number of nitrogens with one attached hydrogen (secondary N) is 1. The summed E-state index contributed by atoms with van der Waals surface area (Å²) in [5.41, 5.74) is 3.42. The summed E-state index contributed by atoms with van der Waals surface area (Å²) in [6.45, 7) is 7.79. The Morgan fingerprint density at radius 1 is 0.879 bits per heavy atom. The summed E-state index contributed by atoms with van der Waals surface area (Å²) in [6.07, 6.45) is 0. The lowest BCUT2D eigenvalue weighted by Gasteiger charge is -2.21. The van der Waals surface area contributed by atoms with Crippen LogP contribution in [-0.4, -0.2) is 28.7 Å². The monoisotopic (exact) mass is 442 g/mol. The third-order valence-corrected chi connectivity index (χ3v) is 5.73. The predicted molar refractivity (Wildman–Crippen MR) is 127 cm³/mol. The first-order valence-corrected chi connectivity index (χ1v) is 10.9. The zero-order valence-electron chi connectivity index (χ0n) is 19.1. The largest absolute Gasteiger partial charge is 0.457 e. The molecule has 0 bridgehead atoms. The molecule has 6 heteroatoms. The van der Waals surface area contributed by atoms with Crippen molar-refractivity contribution in [2.24, 2.45) is 0 Å². The molecule has 1 heterocycles. The highest BCUT2D eigenvalue weighted by molar-refractivity contribution is 6.23. The van der Waals surface area contributed by atoms with E-state index in [0.29, 0.717) is 28.5 Å². The highest BCUT2D eigenvalue weighted by atomic mass is 16.5. The van der Waals surface area contributed by atoms with Crippen LogP contribution in [0.15, 0.2) is 66.7 Å². The number of aryl methyl sites for hydroxylation is 1. The van der Waals surface area contributed by atoms with Gasteiger partial charge in [0.25, 0.3) is 11.8 Å². The summed E-state index contributed by atoms with van der Waals surface area (Å²) in [7, 11) is 0. The topological polar surface area (TPSA) is 75.7 Å². The Morgan fingerprint density at radius 2 is 1.48 bits per heavy atom. The summed E-state index contributed by atoms with van der Waals surface area (Å²) in [5.74, 6) is 0.416. The second kappa shape index (κ2) is 8.90. The number of carbonyl (C=O) groups excluding carboxylic acids is 3. The maximum Gasteiger partial charge on any atom is 0.262 e. The molecule has 1 atom stereocenters. The summed E-state index contributed by atoms with van der Waals surface area (Å²) >= 11 is 0. The molecule has 0 fully saturated rings. The first-order valence-electron chi connectivity index (χ1n) is 10.9. The Kier molecular flexibility index (Phi) is 6.01. The molecule has 3 amide bonds. The normalized spacial score (nSPS) is 13.8. The van der Waals surface area contributed by atoms with E-state index in [2.05, 4.69) is 31.3 Å². The number of nitrogens with zero attached hydrogens (tertiary/aromatic N) is 1. The molecular weight excluding hydrogens is 416 g/mol. The lowest BCUT2D eigenvalue weighted by atomic mass is 10.0. The van der Waals surface area contributed by atoms with Gasteiger partial charge in [-0.3, -0.25) is 19.3 Å². The van der Waals surface area contributed by atoms with Crippen LogP contribution in [-0.2, 0) is 4.79 Å². The molecule has 3 aromatic carbocycles. The zero-order chi connectivity index (χ0) is 23.7. The van der Waals surface area contributed by atoms with Crippen LogP contribution in [0, 0.1) is 6.92 Å². The summed E-state index contributed by atoms with van der Waals surface area (Å²) < 4.78 is 6.09. The van der Waals surface area contributed by atoms with Crippen LogP contribution in [0.4, 0.5) is 5.69 Å². The molecule has 3 aromatic rings. The van der Waals surface area contributed by atoms with Gasteiger partial charge in [0.1, 0.15) is 17.5 Å². The fourth-order valence-corrected chi connectivity index (χ4v) is 3.86. The zero-order valence-corrected chi connectivity index (χ0v) is 19.1. The average molecular weight is 443 g/mol. The number of imide groups is 1. The van der Waals surface area contributed by atoms with Crippen LogP contribution in [0.25, 0.3) is 0 Å². The standard InChI is InChI=1S/C27H26N2O4/c1-16(2)21-14-9-17(3)15-24(21)33-20-12-10-19(11-13-20)28-25(30)18(4)29-26(31)22-7-5-6-8-23(22)27(29)32/h5-16,18H,1-4H3,(H,28,30). The molecule has 4 rings (SSSR count). The van der Waals surface area contributed by atoms with Crippen molar-refractivity contribution in [1.29, 1.82) is 0 Å². The lowest BCUT2D eigenvalue weighted by molar-refractivity contribution is -0.119. The Labute approximate surface area is 193 Å². The molecule has 0 spiro atoms. The predicted octanol–water partition coefficient (Wildman–Crippen LogP) is 5.53. The highest BCUT2D eigenvalue weighted by Gasteiger charge is 2.40. The number of hydrogen-bond acceptors (Lipinski definition) is 4. The van der Waals surface area contributed by atoms with Gasteiger partial charge in [0.2, 0.25) is 5.91 Å². The van der Waals surface area contributed by atoms with Crippen LogP contribution in [0.1, 0.15) is 58.5 Å². The molecular formula is C27H26N2O4. The first-order chi connectivity index (χ1) is 15.8. The van der Waals surface area contributed by atoms with E-state index in [9.17, 15) is 14.4 Å². The van der Waals surface area contributed by atoms with Gasteiger partial charge in [0.05, 0.1) is 11.1 Å². The molecule has 1 aliphatic heterocycles. The number of hydrogen-bond donors (Lipinski definition) is 1. The van der Waals surface area contributed by atoms with Crippen molar-refractivity contribution in [3.8, 4) is 11.5 Å². The van der Waals surface area contributed by atoms with Crippen LogP contribution >= 0.6 is 0 Å². The van der Waals surface area contributed by atoms with E-state index in [1.807, 2.05) is 13.0 Å². The Bertz CT molecular complexity index is 1200. The van der Waals surface area contributed by atoms with Gasteiger partial charge in [0, 0.05) is 5.69 Å². The van der Waals surface area contributed by atoms with Gasteiger partial charge in [-0.2, -0.15) is 0 Å².